The summed E-state index contributed by atoms with van der Waals surface area (Å²) < 4.78 is 5.25. The van der Waals surface area contributed by atoms with Gasteiger partial charge in [0, 0.05) is 19.6 Å². The lowest BCUT2D eigenvalue weighted by atomic mass is 10.1. The number of hydrogen-bond acceptors (Lipinski definition) is 5. The number of halogens is 1. The first-order valence-electron chi connectivity index (χ1n) is 10.8. The second-order valence-corrected chi connectivity index (χ2v) is 9.62. The Labute approximate surface area is 203 Å². The van der Waals surface area contributed by atoms with Crippen LogP contribution >= 0.6 is 23.4 Å². The summed E-state index contributed by atoms with van der Waals surface area (Å²) in [5.74, 6) is 0.400. The van der Waals surface area contributed by atoms with Crippen LogP contribution < -0.4 is 9.64 Å². The summed E-state index contributed by atoms with van der Waals surface area (Å²) in [6.45, 7) is 1.87. The van der Waals surface area contributed by atoms with Crippen LogP contribution in [0.15, 0.2) is 77.7 Å². The number of amides is 1. The van der Waals surface area contributed by atoms with E-state index in [4.69, 9.17) is 16.3 Å². The Hall–Kier alpha value is -2.51. The van der Waals surface area contributed by atoms with Gasteiger partial charge in [-0.2, -0.15) is 0 Å². The zero-order valence-corrected chi connectivity index (χ0v) is 20.2. The lowest BCUT2D eigenvalue weighted by molar-refractivity contribution is -0.126. The predicted molar refractivity (Wildman–Crippen MR) is 134 cm³/mol. The normalized spacial score (nSPS) is 18.2. The second-order valence-electron chi connectivity index (χ2n) is 8.06. The van der Waals surface area contributed by atoms with Crippen LogP contribution in [0.3, 0.4) is 0 Å². The van der Waals surface area contributed by atoms with Crippen molar-refractivity contribution in [2.75, 3.05) is 32.1 Å². The third-order valence-electron chi connectivity index (χ3n) is 5.73. The third kappa shape index (κ3) is 5.36. The van der Waals surface area contributed by atoms with E-state index < -0.39 is 11.4 Å². The summed E-state index contributed by atoms with van der Waals surface area (Å²) >= 11 is 8.00. The SMILES string of the molecule is COc1ccc([C@H]2Sc3c(Cl)cccc3N(CCN(C)Cc3ccccc3)C(=O)[C@H]2O)cc1. The highest BCUT2D eigenvalue weighted by molar-refractivity contribution is 8.00. The second kappa shape index (κ2) is 10.6. The summed E-state index contributed by atoms with van der Waals surface area (Å²) in [6, 6.07) is 23.2. The molecule has 0 unspecified atom stereocenters. The maximum Gasteiger partial charge on any atom is 0.257 e. The number of aliphatic hydroxyl groups is 1. The van der Waals surface area contributed by atoms with Crippen LogP contribution in [-0.2, 0) is 11.3 Å². The summed E-state index contributed by atoms with van der Waals surface area (Å²) in [4.78, 5) is 18.1. The molecule has 172 valence electrons. The molecule has 0 spiro atoms. The van der Waals surface area contributed by atoms with Crippen molar-refractivity contribution in [2.24, 2.45) is 0 Å². The molecule has 5 nitrogen and oxygen atoms in total. The molecule has 1 N–H and O–H groups in total. The fourth-order valence-corrected chi connectivity index (χ4v) is 5.52. The van der Waals surface area contributed by atoms with Gasteiger partial charge in [0.1, 0.15) is 11.9 Å². The molecule has 0 aliphatic carbocycles. The standard InChI is InChI=1S/C26H27ClN2O3S/c1-28(17-18-7-4-3-5-8-18)15-16-29-22-10-6-9-21(27)25(22)33-24(23(30)26(29)31)19-11-13-20(32-2)14-12-19/h3-14,23-24,30H,15-17H2,1-2H3/t23-,24+/m0/s1. The van der Waals surface area contributed by atoms with Crippen molar-refractivity contribution in [1.29, 1.82) is 0 Å². The van der Waals surface area contributed by atoms with Crippen molar-refractivity contribution >= 4 is 35.0 Å². The lowest BCUT2D eigenvalue weighted by Gasteiger charge is -2.27. The van der Waals surface area contributed by atoms with Gasteiger partial charge in [-0.3, -0.25) is 4.79 Å². The zero-order valence-electron chi connectivity index (χ0n) is 18.6. The number of anilines is 1. The Morgan fingerprint density at radius 2 is 1.79 bits per heavy atom. The molecule has 33 heavy (non-hydrogen) atoms. The summed E-state index contributed by atoms with van der Waals surface area (Å²) in [5, 5.41) is 11.2. The molecule has 1 aliphatic heterocycles. The predicted octanol–water partition coefficient (Wildman–Crippen LogP) is 5.02. The van der Waals surface area contributed by atoms with Crippen molar-refractivity contribution < 1.29 is 14.6 Å². The molecule has 1 amide bonds. The zero-order chi connectivity index (χ0) is 23.4. The van der Waals surface area contributed by atoms with Gasteiger partial charge in [0.05, 0.1) is 28.0 Å². The van der Waals surface area contributed by atoms with E-state index in [1.54, 1.807) is 12.0 Å². The van der Waals surface area contributed by atoms with E-state index >= 15 is 0 Å². The van der Waals surface area contributed by atoms with Gasteiger partial charge in [0.2, 0.25) is 0 Å². The molecule has 0 saturated heterocycles. The van der Waals surface area contributed by atoms with Crippen LogP contribution in [0.25, 0.3) is 0 Å². The smallest absolute Gasteiger partial charge is 0.257 e. The number of nitrogens with zero attached hydrogens (tertiary/aromatic N) is 2. The van der Waals surface area contributed by atoms with E-state index in [9.17, 15) is 9.90 Å². The molecule has 1 heterocycles. The molecule has 7 heteroatoms. The van der Waals surface area contributed by atoms with E-state index in [-0.39, 0.29) is 5.91 Å². The monoisotopic (exact) mass is 482 g/mol. The van der Waals surface area contributed by atoms with Crippen molar-refractivity contribution in [3.63, 3.8) is 0 Å². The van der Waals surface area contributed by atoms with Crippen molar-refractivity contribution in [2.45, 2.75) is 22.8 Å². The minimum absolute atomic E-state index is 0.322. The topological polar surface area (TPSA) is 53.0 Å². The molecule has 3 aromatic rings. The fourth-order valence-electron chi connectivity index (χ4n) is 3.95. The summed E-state index contributed by atoms with van der Waals surface area (Å²) in [5.41, 5.74) is 2.79. The number of aliphatic hydroxyl groups excluding tert-OH is 1. The fraction of sp³-hybridized carbons (Fsp3) is 0.269. The van der Waals surface area contributed by atoms with Crippen molar-refractivity contribution in [1.82, 2.24) is 4.90 Å². The first-order chi connectivity index (χ1) is 16.0. The van der Waals surface area contributed by atoms with E-state index in [1.807, 2.05) is 67.7 Å². The highest BCUT2D eigenvalue weighted by atomic mass is 35.5. The Morgan fingerprint density at radius 3 is 2.48 bits per heavy atom. The van der Waals surface area contributed by atoms with Crippen LogP contribution in [0.5, 0.6) is 5.75 Å². The van der Waals surface area contributed by atoms with Gasteiger partial charge < -0.3 is 19.6 Å². The molecule has 0 bridgehead atoms. The average Bonchev–Trinajstić information content (AvgIpc) is 2.94. The molecule has 0 fully saturated rings. The molecule has 2 atom stereocenters. The van der Waals surface area contributed by atoms with E-state index in [0.717, 1.165) is 28.4 Å². The van der Waals surface area contributed by atoms with Crippen LogP contribution in [0.1, 0.15) is 16.4 Å². The van der Waals surface area contributed by atoms with Gasteiger partial charge in [0.15, 0.2) is 0 Å². The number of hydrogen-bond donors (Lipinski definition) is 1. The molecular formula is C26H27ClN2O3S. The Bertz CT molecular complexity index is 1090. The summed E-state index contributed by atoms with van der Waals surface area (Å²) in [6.07, 6.45) is -1.20. The van der Waals surface area contributed by atoms with E-state index in [1.165, 1.54) is 17.3 Å². The molecule has 4 rings (SSSR count). The minimum Gasteiger partial charge on any atom is -0.497 e. The number of benzene rings is 3. The number of ether oxygens (including phenoxy) is 1. The molecular weight excluding hydrogens is 456 g/mol. The molecule has 1 aliphatic rings. The number of methoxy groups -OCH3 is 1. The average molecular weight is 483 g/mol. The Kier molecular flexibility index (Phi) is 7.60. The molecule has 3 aromatic carbocycles. The highest BCUT2D eigenvalue weighted by Gasteiger charge is 2.38. The Balaban J connectivity index is 1.59. The number of thioether (sulfide) groups is 1. The maximum atomic E-state index is 13.5. The lowest BCUT2D eigenvalue weighted by Crippen LogP contribution is -2.43. The first-order valence-corrected chi connectivity index (χ1v) is 12.0. The maximum absolute atomic E-state index is 13.5. The van der Waals surface area contributed by atoms with E-state index in [2.05, 4.69) is 17.0 Å². The van der Waals surface area contributed by atoms with E-state index in [0.29, 0.717) is 18.1 Å². The first kappa shape index (κ1) is 23.6. The largest absolute Gasteiger partial charge is 0.497 e. The van der Waals surface area contributed by atoms with Gasteiger partial charge in [-0.15, -0.1) is 11.8 Å². The van der Waals surface area contributed by atoms with Crippen molar-refractivity contribution in [3.8, 4) is 5.75 Å². The molecule has 0 saturated carbocycles. The quantitative estimate of drug-likeness (QED) is 0.512. The number of carbonyl (C=O) groups is 1. The summed E-state index contributed by atoms with van der Waals surface area (Å²) in [7, 11) is 3.63. The molecule has 0 aromatic heterocycles. The van der Waals surface area contributed by atoms with Gasteiger partial charge >= 0.3 is 0 Å². The van der Waals surface area contributed by atoms with Crippen LogP contribution in [0, 0.1) is 0 Å². The number of rotatable bonds is 7. The minimum atomic E-state index is -1.20. The number of likely N-dealkylation sites (N-methyl/N-ethyl adjacent to an activating group) is 1. The van der Waals surface area contributed by atoms with Crippen molar-refractivity contribution in [3.05, 3.63) is 88.9 Å². The molecule has 0 radical (unpaired) electrons. The third-order valence-corrected chi connectivity index (χ3v) is 7.61. The van der Waals surface area contributed by atoms with Gasteiger partial charge in [-0.25, -0.2) is 0 Å². The highest BCUT2D eigenvalue weighted by Crippen LogP contribution is 2.48. The Morgan fingerprint density at radius 1 is 1.06 bits per heavy atom. The van der Waals surface area contributed by atoms with Crippen LogP contribution in [0.2, 0.25) is 5.02 Å². The van der Waals surface area contributed by atoms with Gasteiger partial charge in [-0.1, -0.05) is 60.1 Å². The number of carbonyl (C=O) groups excluding carboxylic acids is 1. The van der Waals surface area contributed by atoms with Crippen LogP contribution in [0.4, 0.5) is 5.69 Å². The number of fused-ring (bicyclic) bond motifs is 1. The van der Waals surface area contributed by atoms with Gasteiger partial charge in [0.25, 0.3) is 5.91 Å². The van der Waals surface area contributed by atoms with Gasteiger partial charge in [-0.05, 0) is 42.4 Å². The van der Waals surface area contributed by atoms with Crippen LogP contribution in [-0.4, -0.2) is 49.3 Å².